The maximum absolute atomic E-state index is 4.75. The van der Waals surface area contributed by atoms with E-state index in [1.165, 1.54) is 60.2 Å². The Balaban J connectivity index is 1.54. The quantitative estimate of drug-likeness (QED) is 0.168. The molecule has 0 saturated heterocycles. The minimum absolute atomic E-state index is 0.0188. The lowest BCUT2D eigenvalue weighted by Crippen LogP contribution is -2.59. The van der Waals surface area contributed by atoms with Crippen molar-refractivity contribution in [1.82, 2.24) is 0 Å². The minimum atomic E-state index is -0.689. The number of benzene rings is 4. The topological polar surface area (TPSA) is 3.88 Å². The van der Waals surface area contributed by atoms with Crippen molar-refractivity contribution in [2.24, 2.45) is 0 Å². The predicted molar refractivity (Wildman–Crippen MR) is 168 cm³/mol. The van der Waals surface area contributed by atoms with Gasteiger partial charge in [0.05, 0.1) is 10.9 Å². The van der Waals surface area contributed by atoms with Gasteiger partial charge in [0.25, 0.3) is 0 Å². The van der Waals surface area contributed by atoms with Crippen LogP contribution in [0.5, 0.6) is 0 Å². The highest BCUT2D eigenvalue weighted by molar-refractivity contribution is 7.80. The molecular formula is C37H35NP+. The number of pyridine rings is 1. The fraction of sp³-hybridized carbons (Fsp3) is 0.216. The zero-order valence-electron chi connectivity index (χ0n) is 23.3. The number of nitrogens with zero attached hydrogens (tertiary/aromatic N) is 1. The molecule has 0 spiro atoms. The minimum Gasteiger partial charge on any atom is -0.188 e. The number of allylic oxidation sites excluding steroid dienone is 1. The van der Waals surface area contributed by atoms with Gasteiger partial charge in [0.2, 0.25) is 5.69 Å². The van der Waals surface area contributed by atoms with Gasteiger partial charge in [-0.25, -0.2) is 0 Å². The lowest BCUT2D eigenvalue weighted by atomic mass is 9.75. The van der Waals surface area contributed by atoms with Crippen LogP contribution >= 0.6 is 7.92 Å². The van der Waals surface area contributed by atoms with Gasteiger partial charge in [-0.3, -0.25) is 0 Å². The van der Waals surface area contributed by atoms with Crippen LogP contribution in [0.2, 0.25) is 0 Å². The third-order valence-corrected chi connectivity index (χ3v) is 12.1. The first-order valence-corrected chi connectivity index (χ1v) is 15.5. The Labute approximate surface area is 233 Å². The monoisotopic (exact) mass is 524 g/mol. The summed E-state index contributed by atoms with van der Waals surface area (Å²) >= 11 is 0. The molecule has 0 saturated carbocycles. The van der Waals surface area contributed by atoms with Gasteiger partial charge < -0.3 is 0 Å². The molecule has 0 fully saturated rings. The van der Waals surface area contributed by atoms with E-state index in [0.717, 1.165) is 12.8 Å². The van der Waals surface area contributed by atoms with E-state index in [2.05, 4.69) is 136 Å². The number of fused-ring (bicyclic) bond motifs is 7. The van der Waals surface area contributed by atoms with Crippen LogP contribution in [-0.4, -0.2) is 0 Å². The first kappa shape index (κ1) is 24.5. The van der Waals surface area contributed by atoms with E-state index in [0.29, 0.717) is 0 Å². The van der Waals surface area contributed by atoms with Gasteiger partial charge in [0.15, 0.2) is 11.7 Å². The van der Waals surface area contributed by atoms with E-state index in [1.54, 1.807) is 0 Å². The molecule has 0 bridgehead atoms. The van der Waals surface area contributed by atoms with Crippen LogP contribution in [-0.2, 0) is 11.0 Å². The maximum atomic E-state index is 4.75. The molecule has 4 aromatic carbocycles. The summed E-state index contributed by atoms with van der Waals surface area (Å²) < 4.78 is 2.54. The van der Waals surface area contributed by atoms with Crippen molar-refractivity contribution in [3.05, 3.63) is 127 Å². The summed E-state index contributed by atoms with van der Waals surface area (Å²) in [7, 11) is -0.689. The lowest BCUT2D eigenvalue weighted by Gasteiger charge is -2.40. The summed E-state index contributed by atoms with van der Waals surface area (Å²) in [6.45, 7) is 14.1. The van der Waals surface area contributed by atoms with Gasteiger partial charge in [-0.05, 0) is 58.0 Å². The molecular weight excluding hydrogens is 489 g/mol. The standard InChI is InChI=1S/C37H35NP/c1-6-37(7-2)25(3)28-21-20-27(24-30(28)35-29-15-9-8-14-26(29)22-23-38(35)37)39-33-18-12-10-16-31(33)36(4,5)32-17-11-13-19-34(32)39/h8-24H,3,6-7H2,1-2,4-5H3/q+1. The predicted octanol–water partition coefficient (Wildman–Crippen LogP) is 7.73. The van der Waals surface area contributed by atoms with Crippen LogP contribution in [0.4, 0.5) is 0 Å². The molecule has 1 nitrogen and oxygen atoms in total. The Bertz CT molecular complexity index is 1740. The smallest absolute Gasteiger partial charge is 0.188 e. The van der Waals surface area contributed by atoms with E-state index in [9.17, 15) is 0 Å². The van der Waals surface area contributed by atoms with Crippen molar-refractivity contribution < 1.29 is 4.57 Å². The molecule has 5 aromatic rings. The Kier molecular flexibility index (Phi) is 5.49. The summed E-state index contributed by atoms with van der Waals surface area (Å²) in [5.41, 5.74) is 7.95. The summed E-state index contributed by atoms with van der Waals surface area (Å²) in [6, 6.07) is 36.7. The molecule has 7 rings (SSSR count). The van der Waals surface area contributed by atoms with Crippen molar-refractivity contribution in [2.45, 2.75) is 51.5 Å². The SMILES string of the molecule is C=C1c2ccc(P3c4ccccc4C(C)(C)c4ccccc43)cc2-c2c3ccccc3cc[n+]2C1(CC)CC. The molecule has 192 valence electrons. The zero-order chi connectivity index (χ0) is 26.9. The molecule has 2 aliphatic heterocycles. The number of rotatable bonds is 3. The molecule has 39 heavy (non-hydrogen) atoms. The van der Waals surface area contributed by atoms with E-state index < -0.39 is 7.92 Å². The van der Waals surface area contributed by atoms with Gasteiger partial charge in [0, 0.05) is 29.9 Å². The van der Waals surface area contributed by atoms with Crippen molar-refractivity contribution in [3.8, 4) is 11.3 Å². The molecule has 0 radical (unpaired) electrons. The third-order valence-electron chi connectivity index (χ3n) is 9.53. The molecule has 1 aromatic heterocycles. The fourth-order valence-corrected chi connectivity index (χ4v) is 10.3. The molecule has 3 heterocycles. The second-order valence-electron chi connectivity index (χ2n) is 11.6. The van der Waals surface area contributed by atoms with Crippen molar-refractivity contribution in [3.63, 3.8) is 0 Å². The highest BCUT2D eigenvalue weighted by Crippen LogP contribution is 2.49. The van der Waals surface area contributed by atoms with E-state index >= 15 is 0 Å². The van der Waals surface area contributed by atoms with Gasteiger partial charge in [-0.1, -0.05) is 113 Å². The Morgan fingerprint density at radius 3 is 2.00 bits per heavy atom. The number of hydrogen-bond donors (Lipinski definition) is 0. The van der Waals surface area contributed by atoms with Crippen LogP contribution < -0.4 is 20.5 Å². The summed E-state index contributed by atoms with van der Waals surface area (Å²) in [5, 5.41) is 6.97. The molecule has 0 N–H and O–H groups in total. The largest absolute Gasteiger partial charge is 0.221 e. The second kappa shape index (κ2) is 8.73. The highest BCUT2D eigenvalue weighted by Gasteiger charge is 2.47. The molecule has 0 aliphatic carbocycles. The van der Waals surface area contributed by atoms with Gasteiger partial charge in [-0.15, -0.1) is 0 Å². The van der Waals surface area contributed by atoms with Crippen LogP contribution in [0.3, 0.4) is 0 Å². The highest BCUT2D eigenvalue weighted by atomic mass is 31.1. The second-order valence-corrected chi connectivity index (χ2v) is 13.7. The van der Waals surface area contributed by atoms with E-state index in [1.807, 2.05) is 0 Å². The van der Waals surface area contributed by atoms with E-state index in [4.69, 9.17) is 6.58 Å². The summed E-state index contributed by atoms with van der Waals surface area (Å²) in [5.74, 6) is 0. The average molecular weight is 525 g/mol. The third kappa shape index (κ3) is 3.26. The molecule has 2 aliphatic rings. The van der Waals surface area contributed by atoms with Crippen LogP contribution in [0.15, 0.2) is 110 Å². The summed E-state index contributed by atoms with van der Waals surface area (Å²) in [4.78, 5) is 0. The number of hydrogen-bond acceptors (Lipinski definition) is 0. The molecule has 2 heteroatoms. The van der Waals surface area contributed by atoms with Crippen LogP contribution in [0.25, 0.3) is 27.6 Å². The fourth-order valence-electron chi connectivity index (χ4n) is 7.34. The first-order chi connectivity index (χ1) is 18.9. The molecule has 0 unspecified atom stereocenters. The van der Waals surface area contributed by atoms with Crippen molar-refractivity contribution in [2.75, 3.05) is 0 Å². The van der Waals surface area contributed by atoms with Crippen molar-refractivity contribution >= 4 is 40.2 Å². The molecule has 0 amide bonds. The lowest BCUT2D eigenvalue weighted by molar-refractivity contribution is -0.740. The summed E-state index contributed by atoms with van der Waals surface area (Å²) in [6.07, 6.45) is 4.34. The van der Waals surface area contributed by atoms with Crippen LogP contribution in [0.1, 0.15) is 57.2 Å². The molecule has 0 atom stereocenters. The van der Waals surface area contributed by atoms with Crippen molar-refractivity contribution in [1.29, 1.82) is 0 Å². The normalized spacial score (nSPS) is 16.8. The zero-order valence-corrected chi connectivity index (χ0v) is 24.2. The Hall–Kier alpha value is -3.54. The average Bonchev–Trinajstić information content (AvgIpc) is 2.98. The van der Waals surface area contributed by atoms with E-state index in [-0.39, 0.29) is 11.0 Å². The van der Waals surface area contributed by atoms with Gasteiger partial charge in [-0.2, -0.15) is 4.57 Å². The van der Waals surface area contributed by atoms with Gasteiger partial charge in [0.1, 0.15) is 0 Å². The Morgan fingerprint density at radius 1 is 0.718 bits per heavy atom. The van der Waals surface area contributed by atoms with Gasteiger partial charge >= 0.3 is 0 Å². The first-order valence-electron chi connectivity index (χ1n) is 14.2. The maximum Gasteiger partial charge on any atom is 0.221 e. The Morgan fingerprint density at radius 2 is 1.33 bits per heavy atom. The number of aromatic nitrogens is 1. The van der Waals surface area contributed by atoms with Crippen LogP contribution in [0, 0.1) is 0 Å².